The smallest absolute Gasteiger partial charge is 0.416 e. The quantitative estimate of drug-likeness (QED) is 0.170. The van der Waals surface area contributed by atoms with Crippen molar-refractivity contribution in [1.29, 1.82) is 5.26 Å². The largest absolute Gasteiger partial charge is 0.443 e. The Morgan fingerprint density at radius 2 is 1.74 bits per heavy atom. The van der Waals surface area contributed by atoms with Gasteiger partial charge in [0, 0.05) is 19.3 Å². The first kappa shape index (κ1) is 28.7. The predicted octanol–water partition coefficient (Wildman–Crippen LogP) is 5.80. The second-order valence-electron chi connectivity index (χ2n) is 12.2. The standard InChI is InChI=1S/C34H37N5O4/c1-33(2,3)43-32(40)39-26-15-9-8-14-25(26)29-30(37-21-35)36-18-17-34(29)28-24(13-10-16-27(28)38(4)31(34)39)20-42-22-41-19-23-11-6-5-7-12-23/h5-16,29,31H,17-20,22H2,1-4H3,(H,36,37)/t29-,31+,34-/m1/s1. The fourth-order valence-corrected chi connectivity index (χ4v) is 7.07. The number of carbonyl (C=O) groups is 1. The normalized spacial score (nSPS) is 22.0. The molecule has 0 fully saturated rings. The van der Waals surface area contributed by atoms with Crippen LogP contribution in [0.3, 0.4) is 0 Å². The number of nitrogens with one attached hydrogen (secondary N) is 1. The highest BCUT2D eigenvalue weighted by Gasteiger charge is 2.64. The molecule has 222 valence electrons. The summed E-state index contributed by atoms with van der Waals surface area (Å²) in [6.45, 7) is 7.08. The van der Waals surface area contributed by atoms with Gasteiger partial charge in [-0.2, -0.15) is 5.26 Å². The summed E-state index contributed by atoms with van der Waals surface area (Å²) in [4.78, 5) is 22.9. The van der Waals surface area contributed by atoms with Crippen molar-refractivity contribution in [1.82, 2.24) is 5.32 Å². The lowest BCUT2D eigenvalue weighted by atomic mass is 9.60. The van der Waals surface area contributed by atoms with Crippen LogP contribution in [0.15, 0.2) is 77.8 Å². The summed E-state index contributed by atoms with van der Waals surface area (Å²) in [7, 11) is 2.03. The first-order valence-corrected chi connectivity index (χ1v) is 14.6. The van der Waals surface area contributed by atoms with Crippen LogP contribution < -0.4 is 15.1 Å². The van der Waals surface area contributed by atoms with Gasteiger partial charge >= 0.3 is 6.09 Å². The molecular formula is C34H37N5O4. The molecule has 0 radical (unpaired) electrons. The number of benzene rings is 3. The highest BCUT2D eigenvalue weighted by molar-refractivity contribution is 6.01. The molecule has 0 unspecified atom stereocenters. The number of nitriles is 1. The average molecular weight is 580 g/mol. The van der Waals surface area contributed by atoms with Gasteiger partial charge in [-0.3, -0.25) is 15.2 Å². The molecule has 1 spiro atoms. The van der Waals surface area contributed by atoms with E-state index in [0.29, 0.717) is 32.0 Å². The van der Waals surface area contributed by atoms with Gasteiger partial charge in [-0.15, -0.1) is 0 Å². The number of amides is 1. The molecule has 0 bridgehead atoms. The van der Waals surface area contributed by atoms with Gasteiger partial charge in [0.1, 0.15) is 24.4 Å². The average Bonchev–Trinajstić information content (AvgIpc) is 3.23. The third kappa shape index (κ3) is 5.01. The molecule has 9 heteroatoms. The Labute approximate surface area is 252 Å². The first-order chi connectivity index (χ1) is 20.8. The number of anilines is 2. The monoisotopic (exact) mass is 579 g/mol. The fourth-order valence-electron chi connectivity index (χ4n) is 7.07. The molecular weight excluding hydrogens is 542 g/mol. The van der Waals surface area contributed by atoms with E-state index in [1.165, 1.54) is 0 Å². The summed E-state index contributed by atoms with van der Waals surface area (Å²) in [6.07, 6.45) is 1.96. The van der Waals surface area contributed by atoms with Crippen LogP contribution in [0.2, 0.25) is 0 Å². The van der Waals surface area contributed by atoms with Gasteiger partial charge in [0.15, 0.2) is 6.19 Å². The summed E-state index contributed by atoms with van der Waals surface area (Å²) in [5.74, 6) is 0.318. The molecule has 3 atom stereocenters. The molecule has 3 aromatic carbocycles. The number of hydrogen-bond donors (Lipinski definition) is 1. The summed E-state index contributed by atoms with van der Waals surface area (Å²) in [5.41, 5.74) is 4.59. The molecule has 3 aromatic rings. The number of ether oxygens (including phenoxy) is 3. The van der Waals surface area contributed by atoms with Crippen LogP contribution >= 0.6 is 0 Å². The maximum atomic E-state index is 14.1. The Morgan fingerprint density at radius 3 is 2.51 bits per heavy atom. The molecule has 0 saturated heterocycles. The molecule has 0 aromatic heterocycles. The molecule has 1 amide bonds. The SMILES string of the molecule is CN1c2cccc(COCOCc3ccccc3)c2[C@]23CCN=C(NC#N)[C@H]2c2ccccc2N(C(=O)OC(C)(C)C)[C@H]13. The second kappa shape index (κ2) is 11.4. The van der Waals surface area contributed by atoms with Crippen LogP contribution in [0.1, 0.15) is 55.4 Å². The number of nitrogens with zero attached hydrogens (tertiary/aromatic N) is 4. The number of amidine groups is 1. The van der Waals surface area contributed by atoms with E-state index in [2.05, 4.69) is 28.5 Å². The maximum absolute atomic E-state index is 14.1. The zero-order valence-corrected chi connectivity index (χ0v) is 25.0. The topological polar surface area (TPSA) is 99.4 Å². The second-order valence-corrected chi connectivity index (χ2v) is 12.2. The fraction of sp³-hybridized carbons (Fsp3) is 0.382. The maximum Gasteiger partial charge on any atom is 0.416 e. The number of likely N-dealkylation sites (N-methyl/N-ethyl adjacent to an activating group) is 1. The van der Waals surface area contributed by atoms with Crippen molar-refractivity contribution in [3.63, 3.8) is 0 Å². The molecule has 9 nitrogen and oxygen atoms in total. The third-order valence-corrected chi connectivity index (χ3v) is 8.46. The highest BCUT2D eigenvalue weighted by atomic mass is 16.7. The lowest BCUT2D eigenvalue weighted by molar-refractivity contribution is -0.0692. The Hall–Kier alpha value is -4.39. The number of carbonyl (C=O) groups excluding carboxylic acids is 1. The molecule has 43 heavy (non-hydrogen) atoms. The molecule has 0 saturated carbocycles. The minimum Gasteiger partial charge on any atom is -0.443 e. The van der Waals surface area contributed by atoms with Crippen molar-refractivity contribution in [2.24, 2.45) is 4.99 Å². The van der Waals surface area contributed by atoms with Crippen LogP contribution in [-0.2, 0) is 32.8 Å². The minimum atomic E-state index is -0.680. The zero-order chi connectivity index (χ0) is 30.2. The van der Waals surface area contributed by atoms with E-state index in [1.54, 1.807) is 4.90 Å². The summed E-state index contributed by atoms with van der Waals surface area (Å²) < 4.78 is 17.9. The van der Waals surface area contributed by atoms with E-state index < -0.39 is 23.3 Å². The molecule has 0 aliphatic carbocycles. The van der Waals surface area contributed by atoms with Gasteiger partial charge < -0.3 is 19.1 Å². The van der Waals surface area contributed by atoms with Gasteiger partial charge in [0.25, 0.3) is 0 Å². The van der Waals surface area contributed by atoms with E-state index in [0.717, 1.165) is 33.6 Å². The Morgan fingerprint density at radius 1 is 1.02 bits per heavy atom. The van der Waals surface area contributed by atoms with Crippen LogP contribution in [0, 0.1) is 11.5 Å². The van der Waals surface area contributed by atoms with Crippen molar-refractivity contribution in [2.45, 2.75) is 63.5 Å². The summed E-state index contributed by atoms with van der Waals surface area (Å²) >= 11 is 0. The lowest BCUT2D eigenvalue weighted by Crippen LogP contribution is -2.65. The number of hydrogen-bond acceptors (Lipinski definition) is 8. The van der Waals surface area contributed by atoms with Crippen molar-refractivity contribution < 1.29 is 19.0 Å². The lowest BCUT2D eigenvalue weighted by Gasteiger charge is -2.54. The molecule has 3 aliphatic heterocycles. The van der Waals surface area contributed by atoms with Crippen molar-refractivity contribution >= 4 is 23.3 Å². The van der Waals surface area contributed by atoms with Crippen LogP contribution in [0.25, 0.3) is 0 Å². The van der Waals surface area contributed by atoms with Gasteiger partial charge in [0.05, 0.1) is 30.2 Å². The Kier molecular flexibility index (Phi) is 7.59. The number of aliphatic imine (C=N–C) groups is 1. The van der Waals surface area contributed by atoms with Crippen LogP contribution in [0.4, 0.5) is 16.2 Å². The van der Waals surface area contributed by atoms with E-state index in [4.69, 9.17) is 19.2 Å². The summed E-state index contributed by atoms with van der Waals surface area (Å²) in [5, 5.41) is 12.6. The van der Waals surface area contributed by atoms with E-state index in [1.807, 2.05) is 88.5 Å². The van der Waals surface area contributed by atoms with Crippen molar-refractivity contribution in [2.75, 3.05) is 30.2 Å². The minimum absolute atomic E-state index is 0.143. The predicted molar refractivity (Wildman–Crippen MR) is 165 cm³/mol. The highest BCUT2D eigenvalue weighted by Crippen LogP contribution is 2.62. The van der Waals surface area contributed by atoms with Crippen molar-refractivity contribution in [3.05, 3.63) is 95.1 Å². The zero-order valence-electron chi connectivity index (χ0n) is 25.0. The van der Waals surface area contributed by atoms with E-state index in [9.17, 15) is 10.1 Å². The number of fused-ring (bicyclic) bond motifs is 3. The van der Waals surface area contributed by atoms with Crippen LogP contribution in [-0.4, -0.2) is 44.1 Å². The molecule has 1 N–H and O–H groups in total. The third-order valence-electron chi connectivity index (χ3n) is 8.46. The van der Waals surface area contributed by atoms with E-state index in [-0.39, 0.29) is 12.7 Å². The van der Waals surface area contributed by atoms with Gasteiger partial charge in [-0.1, -0.05) is 60.7 Å². The molecule has 3 aliphatic rings. The Bertz CT molecular complexity index is 1580. The summed E-state index contributed by atoms with van der Waals surface area (Å²) in [6, 6.07) is 24.1. The van der Waals surface area contributed by atoms with Crippen LogP contribution in [0.5, 0.6) is 0 Å². The molecule has 6 rings (SSSR count). The number of para-hydroxylation sites is 1. The van der Waals surface area contributed by atoms with E-state index >= 15 is 0 Å². The van der Waals surface area contributed by atoms with Gasteiger partial charge in [-0.05, 0) is 61.6 Å². The molecule has 3 heterocycles. The number of rotatable bonds is 6. The van der Waals surface area contributed by atoms with Gasteiger partial charge in [-0.25, -0.2) is 4.79 Å². The first-order valence-electron chi connectivity index (χ1n) is 14.6. The van der Waals surface area contributed by atoms with Crippen molar-refractivity contribution in [3.8, 4) is 6.19 Å². The van der Waals surface area contributed by atoms with Gasteiger partial charge in [0.2, 0.25) is 0 Å². The Balaban J connectivity index is 1.43.